The van der Waals surface area contributed by atoms with E-state index in [1.807, 2.05) is 0 Å². The third kappa shape index (κ3) is 1.60. The maximum Gasteiger partial charge on any atom is 0.157 e. The Labute approximate surface area is 114 Å². The zero-order valence-electron chi connectivity index (χ0n) is 11.6. The number of aliphatic hydroxyl groups excluding tert-OH is 1. The molecule has 1 spiro atoms. The van der Waals surface area contributed by atoms with Gasteiger partial charge in [0, 0.05) is 12.0 Å². The van der Waals surface area contributed by atoms with Crippen LogP contribution in [0.3, 0.4) is 0 Å². The summed E-state index contributed by atoms with van der Waals surface area (Å²) < 4.78 is 18.0. The van der Waals surface area contributed by atoms with E-state index in [2.05, 4.69) is 6.92 Å². The molecule has 0 aromatic rings. The molecule has 19 heavy (non-hydrogen) atoms. The van der Waals surface area contributed by atoms with Gasteiger partial charge in [-0.15, -0.1) is 0 Å². The summed E-state index contributed by atoms with van der Waals surface area (Å²) in [5.41, 5.74) is -0.333. The second kappa shape index (κ2) is 4.17. The van der Waals surface area contributed by atoms with Crippen molar-refractivity contribution in [3.8, 4) is 0 Å². The minimum atomic E-state index is -0.304. The van der Waals surface area contributed by atoms with Crippen LogP contribution in [0.15, 0.2) is 0 Å². The third-order valence-corrected chi connectivity index (χ3v) is 5.94. The van der Waals surface area contributed by atoms with Gasteiger partial charge in [0.2, 0.25) is 0 Å². The van der Waals surface area contributed by atoms with Gasteiger partial charge in [0.25, 0.3) is 0 Å². The first kappa shape index (κ1) is 12.6. The second-order valence-corrected chi connectivity index (χ2v) is 6.87. The highest BCUT2D eigenvalue weighted by molar-refractivity contribution is 5.25. The lowest BCUT2D eigenvalue weighted by Crippen LogP contribution is -2.52. The highest BCUT2D eigenvalue weighted by Crippen LogP contribution is 2.67. The van der Waals surface area contributed by atoms with Crippen molar-refractivity contribution >= 4 is 0 Å². The maximum absolute atomic E-state index is 10.3. The number of hydrogen-bond acceptors (Lipinski definition) is 4. The van der Waals surface area contributed by atoms with Crippen molar-refractivity contribution in [3.63, 3.8) is 0 Å². The van der Waals surface area contributed by atoms with E-state index < -0.39 is 0 Å². The Morgan fingerprint density at radius 2 is 2.05 bits per heavy atom. The highest BCUT2D eigenvalue weighted by atomic mass is 16.7. The molecule has 2 aliphatic heterocycles. The lowest BCUT2D eigenvalue weighted by molar-refractivity contribution is -0.222. The fourth-order valence-corrected chi connectivity index (χ4v) is 4.75. The number of rotatable bonds is 2. The maximum atomic E-state index is 10.3. The van der Waals surface area contributed by atoms with Gasteiger partial charge in [0.1, 0.15) is 5.60 Å². The average Bonchev–Trinajstić information content (AvgIpc) is 3.12. The van der Waals surface area contributed by atoms with Gasteiger partial charge in [-0.25, -0.2) is 0 Å². The Bertz CT molecular complexity index is 367. The Kier molecular flexibility index (Phi) is 2.76. The average molecular weight is 268 g/mol. The molecule has 108 valence electrons. The summed E-state index contributed by atoms with van der Waals surface area (Å²) in [7, 11) is 0. The van der Waals surface area contributed by atoms with Crippen LogP contribution >= 0.6 is 0 Å². The van der Waals surface area contributed by atoms with Crippen molar-refractivity contribution in [3.05, 3.63) is 0 Å². The van der Waals surface area contributed by atoms with Crippen molar-refractivity contribution in [1.82, 2.24) is 0 Å². The molecule has 0 radical (unpaired) electrons. The van der Waals surface area contributed by atoms with Gasteiger partial charge in [-0.3, -0.25) is 0 Å². The summed E-state index contributed by atoms with van der Waals surface area (Å²) in [5, 5.41) is 10.3. The minimum Gasteiger partial charge on any atom is -0.390 e. The topological polar surface area (TPSA) is 51.2 Å². The van der Waals surface area contributed by atoms with Crippen molar-refractivity contribution in [2.75, 3.05) is 6.61 Å². The van der Waals surface area contributed by atoms with E-state index in [4.69, 9.17) is 14.2 Å². The molecule has 4 heteroatoms. The molecule has 2 saturated carbocycles. The molecule has 0 bridgehead atoms. The number of epoxide rings is 1. The van der Waals surface area contributed by atoms with Crippen molar-refractivity contribution in [2.24, 2.45) is 5.41 Å². The van der Waals surface area contributed by atoms with Crippen LogP contribution < -0.4 is 0 Å². The second-order valence-electron chi connectivity index (χ2n) is 6.87. The van der Waals surface area contributed by atoms with Gasteiger partial charge in [-0.05, 0) is 44.9 Å². The molecule has 2 heterocycles. The van der Waals surface area contributed by atoms with E-state index in [9.17, 15) is 5.11 Å². The first-order chi connectivity index (χ1) is 9.17. The summed E-state index contributed by atoms with van der Waals surface area (Å²) in [5.74, 6) is 0. The number of ether oxygens (including phenoxy) is 3. The molecule has 4 rings (SSSR count). The van der Waals surface area contributed by atoms with Crippen LogP contribution in [-0.2, 0) is 14.2 Å². The highest BCUT2D eigenvalue weighted by Gasteiger charge is 2.77. The molecule has 4 fully saturated rings. The lowest BCUT2D eigenvalue weighted by Gasteiger charge is -2.43. The smallest absolute Gasteiger partial charge is 0.157 e. The summed E-state index contributed by atoms with van der Waals surface area (Å²) in [6, 6.07) is 0. The van der Waals surface area contributed by atoms with E-state index >= 15 is 0 Å². The van der Waals surface area contributed by atoms with Gasteiger partial charge in [-0.1, -0.05) is 6.92 Å². The van der Waals surface area contributed by atoms with Gasteiger partial charge >= 0.3 is 0 Å². The zero-order chi connectivity index (χ0) is 13.1. The molecule has 4 nitrogen and oxygen atoms in total. The lowest BCUT2D eigenvalue weighted by atomic mass is 9.66. The van der Waals surface area contributed by atoms with Crippen LogP contribution in [0, 0.1) is 5.41 Å². The number of aliphatic hydroxyl groups is 1. The van der Waals surface area contributed by atoms with Crippen molar-refractivity contribution in [2.45, 2.75) is 82.1 Å². The van der Waals surface area contributed by atoms with Crippen molar-refractivity contribution < 1.29 is 19.3 Å². The Hall–Kier alpha value is -0.160. The standard InChI is InChI=1S/C15H24O4/c1-14-8-7-10(16)15(14)12(19-15)6-5-11(14)18-13-4-2-3-9-17-13/h10-13,16H,2-9H2,1H3. The Morgan fingerprint density at radius 3 is 2.84 bits per heavy atom. The molecule has 0 amide bonds. The van der Waals surface area contributed by atoms with Crippen molar-refractivity contribution in [1.29, 1.82) is 0 Å². The van der Waals surface area contributed by atoms with Gasteiger partial charge in [0.15, 0.2) is 6.29 Å². The van der Waals surface area contributed by atoms with Crippen LogP contribution in [0.1, 0.15) is 51.9 Å². The molecule has 1 N–H and O–H groups in total. The molecule has 2 saturated heterocycles. The molecule has 6 atom stereocenters. The molecule has 2 aliphatic carbocycles. The quantitative estimate of drug-likeness (QED) is 0.778. The van der Waals surface area contributed by atoms with Crippen LogP contribution in [0.5, 0.6) is 0 Å². The molecule has 4 aliphatic rings. The summed E-state index contributed by atoms with van der Waals surface area (Å²) >= 11 is 0. The first-order valence-corrected chi connectivity index (χ1v) is 7.80. The van der Waals surface area contributed by atoms with E-state index in [0.717, 1.165) is 45.1 Å². The molecular weight excluding hydrogens is 244 g/mol. The predicted molar refractivity (Wildman–Crippen MR) is 68.6 cm³/mol. The van der Waals surface area contributed by atoms with Gasteiger partial charge in [0.05, 0.1) is 18.3 Å². The molecular formula is C15H24O4. The van der Waals surface area contributed by atoms with Gasteiger partial charge in [-0.2, -0.15) is 0 Å². The SMILES string of the molecule is CC12CCC(O)C13OC3CCC2OC1CCCCO1. The van der Waals surface area contributed by atoms with Crippen LogP contribution in [-0.4, -0.2) is 41.9 Å². The fourth-order valence-electron chi connectivity index (χ4n) is 4.75. The van der Waals surface area contributed by atoms with E-state index in [0.29, 0.717) is 0 Å². The molecule has 6 unspecified atom stereocenters. The Balaban J connectivity index is 1.53. The predicted octanol–water partition coefficient (Wildman–Crippen LogP) is 1.99. The third-order valence-electron chi connectivity index (χ3n) is 5.94. The first-order valence-electron chi connectivity index (χ1n) is 7.80. The molecule has 0 aromatic heterocycles. The van der Waals surface area contributed by atoms with E-state index in [1.165, 1.54) is 6.42 Å². The van der Waals surface area contributed by atoms with E-state index in [-0.39, 0.29) is 35.6 Å². The largest absolute Gasteiger partial charge is 0.390 e. The van der Waals surface area contributed by atoms with E-state index in [1.54, 1.807) is 0 Å². The summed E-state index contributed by atoms with van der Waals surface area (Å²) in [6.45, 7) is 3.07. The molecule has 0 aromatic carbocycles. The number of hydrogen-bond donors (Lipinski definition) is 1. The minimum absolute atomic E-state index is 0.0316. The fraction of sp³-hybridized carbons (Fsp3) is 1.00. The van der Waals surface area contributed by atoms with Crippen LogP contribution in [0.2, 0.25) is 0 Å². The summed E-state index contributed by atoms with van der Waals surface area (Å²) in [6.07, 6.45) is 7.35. The Morgan fingerprint density at radius 1 is 1.16 bits per heavy atom. The normalized spacial score (nSPS) is 56.5. The summed E-state index contributed by atoms with van der Waals surface area (Å²) in [4.78, 5) is 0. The van der Waals surface area contributed by atoms with Crippen LogP contribution in [0.4, 0.5) is 0 Å². The zero-order valence-corrected chi connectivity index (χ0v) is 11.6. The van der Waals surface area contributed by atoms with Crippen LogP contribution in [0.25, 0.3) is 0 Å². The monoisotopic (exact) mass is 268 g/mol. The van der Waals surface area contributed by atoms with Gasteiger partial charge < -0.3 is 19.3 Å².